The Bertz CT molecular complexity index is 442. The van der Waals surface area contributed by atoms with E-state index in [1.54, 1.807) is 19.1 Å². The smallest absolute Gasteiger partial charge is 0.157 e. The molecular formula is C11H15BrO3S. The summed E-state index contributed by atoms with van der Waals surface area (Å²) in [5.74, 6) is 0.0250. The fourth-order valence-corrected chi connectivity index (χ4v) is 3.27. The molecule has 0 spiro atoms. The van der Waals surface area contributed by atoms with Crippen molar-refractivity contribution in [2.24, 2.45) is 0 Å². The Morgan fingerprint density at radius 2 is 2.12 bits per heavy atom. The molecule has 0 unspecified atom stereocenters. The highest BCUT2D eigenvalue weighted by atomic mass is 79.9. The molecule has 1 aromatic rings. The number of hydrogen-bond acceptors (Lipinski definition) is 3. The Labute approximate surface area is 105 Å². The van der Waals surface area contributed by atoms with Gasteiger partial charge in [-0.1, -0.05) is 28.1 Å². The third-order valence-electron chi connectivity index (χ3n) is 2.44. The van der Waals surface area contributed by atoms with Crippen LogP contribution in [0.4, 0.5) is 0 Å². The Hall–Kier alpha value is -0.390. The first-order chi connectivity index (χ1) is 7.47. The van der Waals surface area contributed by atoms with Crippen molar-refractivity contribution in [3.63, 3.8) is 0 Å². The van der Waals surface area contributed by atoms with Crippen LogP contribution in [0.2, 0.25) is 0 Å². The quantitative estimate of drug-likeness (QED) is 0.908. The van der Waals surface area contributed by atoms with Crippen LogP contribution in [0.25, 0.3) is 0 Å². The second kappa shape index (κ2) is 5.80. The van der Waals surface area contributed by atoms with Crippen molar-refractivity contribution < 1.29 is 13.5 Å². The van der Waals surface area contributed by atoms with Crippen molar-refractivity contribution in [2.75, 3.05) is 12.4 Å². The van der Waals surface area contributed by atoms with Crippen molar-refractivity contribution in [1.82, 2.24) is 0 Å². The van der Waals surface area contributed by atoms with Gasteiger partial charge in [0, 0.05) is 11.1 Å². The summed E-state index contributed by atoms with van der Waals surface area (Å²) >= 11 is 3.32. The van der Waals surface area contributed by atoms with E-state index in [4.69, 9.17) is 5.11 Å². The number of hydrogen-bond donors (Lipinski definition) is 1. The molecule has 5 heteroatoms. The van der Waals surface area contributed by atoms with Crippen molar-refractivity contribution in [3.05, 3.63) is 34.3 Å². The molecular weight excluding hydrogens is 292 g/mol. The molecule has 0 aliphatic rings. The Kier molecular flexibility index (Phi) is 4.95. The van der Waals surface area contributed by atoms with E-state index in [0.717, 1.165) is 10.0 Å². The van der Waals surface area contributed by atoms with Crippen LogP contribution in [-0.4, -0.2) is 25.9 Å². The van der Waals surface area contributed by atoms with Gasteiger partial charge in [0.2, 0.25) is 0 Å². The third kappa shape index (κ3) is 3.57. The summed E-state index contributed by atoms with van der Waals surface area (Å²) in [4.78, 5) is 0. The van der Waals surface area contributed by atoms with E-state index in [0.29, 0.717) is 6.42 Å². The molecule has 1 rings (SSSR count). The van der Waals surface area contributed by atoms with Gasteiger partial charge in [-0.25, -0.2) is 8.42 Å². The van der Waals surface area contributed by atoms with Crippen LogP contribution >= 0.6 is 15.9 Å². The van der Waals surface area contributed by atoms with E-state index < -0.39 is 15.1 Å². The van der Waals surface area contributed by atoms with Crippen molar-refractivity contribution in [2.45, 2.75) is 18.6 Å². The van der Waals surface area contributed by atoms with Crippen LogP contribution in [0, 0.1) is 0 Å². The molecule has 0 aliphatic heterocycles. The maximum Gasteiger partial charge on any atom is 0.157 e. The van der Waals surface area contributed by atoms with E-state index in [1.165, 1.54) is 0 Å². The van der Waals surface area contributed by atoms with Gasteiger partial charge in [-0.05, 0) is 31.0 Å². The normalized spacial score (nSPS) is 13.7. The fourth-order valence-electron chi connectivity index (χ4n) is 1.41. The van der Waals surface area contributed by atoms with Crippen LogP contribution in [0.5, 0.6) is 0 Å². The van der Waals surface area contributed by atoms with E-state index >= 15 is 0 Å². The summed E-state index contributed by atoms with van der Waals surface area (Å²) in [6, 6.07) is 7.28. The van der Waals surface area contributed by atoms with Crippen molar-refractivity contribution >= 4 is 25.8 Å². The lowest BCUT2D eigenvalue weighted by atomic mass is 10.2. The minimum absolute atomic E-state index is 0.0250. The lowest BCUT2D eigenvalue weighted by molar-refractivity contribution is 0.295. The van der Waals surface area contributed by atoms with Gasteiger partial charge in [-0.3, -0.25) is 0 Å². The van der Waals surface area contributed by atoms with Gasteiger partial charge in [0.15, 0.2) is 9.84 Å². The molecule has 16 heavy (non-hydrogen) atoms. The van der Waals surface area contributed by atoms with E-state index in [2.05, 4.69) is 15.9 Å². The minimum atomic E-state index is -3.17. The molecule has 0 aromatic heterocycles. The monoisotopic (exact) mass is 306 g/mol. The molecule has 0 heterocycles. The molecule has 1 N–H and O–H groups in total. The van der Waals surface area contributed by atoms with Gasteiger partial charge < -0.3 is 5.11 Å². The molecule has 90 valence electrons. The van der Waals surface area contributed by atoms with E-state index in [1.807, 2.05) is 12.1 Å². The molecule has 0 amide bonds. The first kappa shape index (κ1) is 13.7. The highest BCUT2D eigenvalue weighted by Crippen LogP contribution is 2.25. The van der Waals surface area contributed by atoms with Crippen molar-refractivity contribution in [1.29, 1.82) is 0 Å². The zero-order valence-electron chi connectivity index (χ0n) is 9.06. The Balaban J connectivity index is 2.89. The fraction of sp³-hybridized carbons (Fsp3) is 0.455. The average Bonchev–Trinajstić information content (AvgIpc) is 2.25. The highest BCUT2D eigenvalue weighted by molar-refractivity contribution is 9.10. The van der Waals surface area contributed by atoms with Gasteiger partial charge in [-0.2, -0.15) is 0 Å². The van der Waals surface area contributed by atoms with Crippen LogP contribution in [0.3, 0.4) is 0 Å². The highest BCUT2D eigenvalue weighted by Gasteiger charge is 2.21. The van der Waals surface area contributed by atoms with E-state index in [-0.39, 0.29) is 12.4 Å². The summed E-state index contributed by atoms with van der Waals surface area (Å²) in [7, 11) is -3.17. The van der Waals surface area contributed by atoms with Gasteiger partial charge in [0.1, 0.15) is 0 Å². The van der Waals surface area contributed by atoms with Crippen LogP contribution in [0.1, 0.15) is 24.2 Å². The van der Waals surface area contributed by atoms with Gasteiger partial charge in [0.05, 0.1) is 11.0 Å². The van der Waals surface area contributed by atoms with Gasteiger partial charge >= 0.3 is 0 Å². The summed E-state index contributed by atoms with van der Waals surface area (Å²) < 4.78 is 24.6. The molecule has 0 aliphatic carbocycles. The Morgan fingerprint density at radius 1 is 1.44 bits per heavy atom. The van der Waals surface area contributed by atoms with Crippen LogP contribution in [-0.2, 0) is 9.84 Å². The molecule has 0 bridgehead atoms. The predicted molar refractivity (Wildman–Crippen MR) is 68.0 cm³/mol. The molecule has 1 aromatic carbocycles. The Morgan fingerprint density at radius 3 is 2.69 bits per heavy atom. The van der Waals surface area contributed by atoms with Crippen LogP contribution < -0.4 is 0 Å². The number of sulfone groups is 1. The number of aliphatic hydroxyl groups is 1. The summed E-state index contributed by atoms with van der Waals surface area (Å²) in [5.41, 5.74) is 0.771. The number of rotatable bonds is 5. The van der Waals surface area contributed by atoms with E-state index in [9.17, 15) is 8.42 Å². The third-order valence-corrected chi connectivity index (χ3v) is 5.14. The second-order valence-corrected chi connectivity index (χ2v) is 7.00. The predicted octanol–water partition coefficient (Wildman–Crippen LogP) is 2.31. The minimum Gasteiger partial charge on any atom is -0.396 e. The summed E-state index contributed by atoms with van der Waals surface area (Å²) in [6.45, 7) is 1.58. The first-order valence-corrected chi connectivity index (χ1v) is 7.56. The number of benzene rings is 1. The van der Waals surface area contributed by atoms with Crippen LogP contribution in [0.15, 0.2) is 28.7 Å². The zero-order chi connectivity index (χ0) is 12.2. The average molecular weight is 307 g/mol. The lowest BCUT2D eigenvalue weighted by Gasteiger charge is -2.13. The summed E-state index contributed by atoms with van der Waals surface area (Å²) in [6.07, 6.45) is 0.292. The van der Waals surface area contributed by atoms with Gasteiger partial charge in [0.25, 0.3) is 0 Å². The molecule has 0 saturated carbocycles. The molecule has 0 fully saturated rings. The standard InChI is InChI=1S/C11H15BrO3S/c1-9(16(14,15)7-3-6-13)10-4-2-5-11(12)8-10/h2,4-5,8-9,13H,3,6-7H2,1H3/t9-/m1/s1. The second-order valence-electron chi connectivity index (χ2n) is 3.64. The van der Waals surface area contributed by atoms with Crippen molar-refractivity contribution in [3.8, 4) is 0 Å². The molecule has 0 radical (unpaired) electrons. The maximum absolute atomic E-state index is 11.9. The van der Waals surface area contributed by atoms with Gasteiger partial charge in [-0.15, -0.1) is 0 Å². The number of aliphatic hydroxyl groups excluding tert-OH is 1. The molecule has 3 nitrogen and oxygen atoms in total. The maximum atomic E-state index is 11.9. The molecule has 0 saturated heterocycles. The topological polar surface area (TPSA) is 54.4 Å². The molecule has 1 atom stereocenters. The lowest BCUT2D eigenvalue weighted by Crippen LogP contribution is -2.15. The number of halogens is 1. The zero-order valence-corrected chi connectivity index (χ0v) is 11.5. The first-order valence-electron chi connectivity index (χ1n) is 5.05. The largest absolute Gasteiger partial charge is 0.396 e. The summed E-state index contributed by atoms with van der Waals surface area (Å²) in [5, 5.41) is 8.12. The SMILES string of the molecule is C[C@H](c1cccc(Br)c1)S(=O)(=O)CCCO.